The molecule has 1 aliphatic carbocycles. The smallest absolute Gasteiger partial charge is 0.267 e. The first-order valence-corrected chi connectivity index (χ1v) is 9.34. The molecule has 1 aromatic carbocycles. The third-order valence-electron chi connectivity index (χ3n) is 5.00. The molecule has 0 unspecified atom stereocenters. The van der Waals surface area contributed by atoms with Gasteiger partial charge in [-0.25, -0.2) is 4.99 Å². The average molecular weight is 351 g/mol. The van der Waals surface area contributed by atoms with Gasteiger partial charge in [0.2, 0.25) is 5.96 Å². The normalized spacial score (nSPS) is 17.2. The highest BCUT2D eigenvalue weighted by Gasteiger charge is 2.30. The first kappa shape index (κ1) is 16.7. The van der Waals surface area contributed by atoms with E-state index in [2.05, 4.69) is 44.9 Å². The maximum atomic E-state index is 11.7. The predicted molar refractivity (Wildman–Crippen MR) is 105 cm³/mol. The van der Waals surface area contributed by atoms with Crippen LogP contribution in [0, 0.1) is 5.92 Å². The van der Waals surface area contributed by atoms with Gasteiger partial charge in [-0.15, -0.1) is 0 Å². The molecular formula is C20H25N5O. The van der Waals surface area contributed by atoms with E-state index in [1.54, 1.807) is 0 Å². The van der Waals surface area contributed by atoms with Crippen LogP contribution >= 0.6 is 0 Å². The number of aliphatic imine (C=N–C) groups is 1. The first-order valence-electron chi connectivity index (χ1n) is 9.34. The summed E-state index contributed by atoms with van der Waals surface area (Å²) in [6.07, 6.45) is 7.36. The molecule has 26 heavy (non-hydrogen) atoms. The zero-order valence-corrected chi connectivity index (χ0v) is 15.1. The van der Waals surface area contributed by atoms with E-state index in [1.807, 2.05) is 18.3 Å². The van der Waals surface area contributed by atoms with E-state index in [-0.39, 0.29) is 0 Å². The van der Waals surface area contributed by atoms with Crippen LogP contribution in [0.5, 0.6) is 0 Å². The molecule has 0 spiro atoms. The molecule has 0 bridgehead atoms. The zero-order chi connectivity index (χ0) is 18.1. The third kappa shape index (κ3) is 3.19. The van der Waals surface area contributed by atoms with Crippen LogP contribution in [0.25, 0.3) is 10.9 Å². The second-order valence-corrected chi connectivity index (χ2v) is 7.08. The first-order chi connectivity index (χ1) is 12.7. The fraction of sp³-hybridized carbons (Fsp3) is 0.400. The van der Waals surface area contributed by atoms with E-state index in [9.17, 15) is 4.79 Å². The van der Waals surface area contributed by atoms with Crippen molar-refractivity contribution in [3.63, 3.8) is 0 Å². The van der Waals surface area contributed by atoms with Gasteiger partial charge >= 0.3 is 0 Å². The number of rotatable bonds is 6. The third-order valence-corrected chi connectivity index (χ3v) is 5.00. The van der Waals surface area contributed by atoms with Gasteiger partial charge in [0.15, 0.2) is 0 Å². The molecule has 1 aromatic heterocycles. The number of aromatic amines is 1. The van der Waals surface area contributed by atoms with Crippen molar-refractivity contribution in [2.75, 3.05) is 24.5 Å². The van der Waals surface area contributed by atoms with Crippen molar-refractivity contribution >= 4 is 28.5 Å². The van der Waals surface area contributed by atoms with Crippen LogP contribution in [-0.4, -0.2) is 41.4 Å². The number of benzene rings is 1. The van der Waals surface area contributed by atoms with E-state index in [1.165, 1.54) is 12.8 Å². The maximum Gasteiger partial charge on any atom is 0.267 e. The number of amides is 1. The van der Waals surface area contributed by atoms with E-state index in [4.69, 9.17) is 5.73 Å². The second kappa shape index (κ2) is 6.86. The number of carbonyl (C=O) groups excluding carboxylic acids is 1. The Labute approximate surface area is 153 Å². The standard InChI is InChI=1S/C20H25N5O/c1-2-11-24(13-14-6-7-14)20-23-17(19(21)26)9-12-25(20)18-5-3-4-16-15(18)8-10-22-16/h3-5,8-10,14,22H,2,6-7,11-13H2,1H3,(H2,21,26). The molecule has 1 aliphatic heterocycles. The van der Waals surface area contributed by atoms with Gasteiger partial charge in [-0.3, -0.25) is 4.79 Å². The van der Waals surface area contributed by atoms with Crippen LogP contribution in [-0.2, 0) is 4.79 Å². The number of nitrogens with one attached hydrogen (secondary N) is 1. The van der Waals surface area contributed by atoms with Crippen molar-refractivity contribution in [2.45, 2.75) is 26.2 Å². The van der Waals surface area contributed by atoms with Crippen LogP contribution in [0.3, 0.4) is 0 Å². The highest BCUT2D eigenvalue weighted by Crippen LogP contribution is 2.32. The number of hydrogen-bond donors (Lipinski definition) is 2. The molecule has 1 amide bonds. The summed E-state index contributed by atoms with van der Waals surface area (Å²) < 4.78 is 0. The van der Waals surface area contributed by atoms with Crippen molar-refractivity contribution in [1.29, 1.82) is 0 Å². The lowest BCUT2D eigenvalue weighted by Crippen LogP contribution is -2.48. The van der Waals surface area contributed by atoms with Gasteiger partial charge in [0, 0.05) is 36.7 Å². The number of guanidine groups is 1. The topological polar surface area (TPSA) is 77.7 Å². The monoisotopic (exact) mass is 351 g/mol. The van der Waals surface area contributed by atoms with Crippen molar-refractivity contribution in [2.24, 2.45) is 16.6 Å². The van der Waals surface area contributed by atoms with Crippen LogP contribution in [0.4, 0.5) is 5.69 Å². The largest absolute Gasteiger partial charge is 0.364 e. The molecule has 136 valence electrons. The van der Waals surface area contributed by atoms with Crippen LogP contribution in [0.15, 0.2) is 47.2 Å². The van der Waals surface area contributed by atoms with Gasteiger partial charge in [0.05, 0.1) is 5.69 Å². The lowest BCUT2D eigenvalue weighted by molar-refractivity contribution is -0.114. The molecule has 4 rings (SSSR count). The van der Waals surface area contributed by atoms with Gasteiger partial charge in [-0.05, 0) is 49.5 Å². The molecule has 2 heterocycles. The highest BCUT2D eigenvalue weighted by molar-refractivity contribution is 6.07. The van der Waals surface area contributed by atoms with Crippen LogP contribution < -0.4 is 10.6 Å². The minimum Gasteiger partial charge on any atom is -0.364 e. The molecule has 2 aliphatic rings. The SMILES string of the molecule is CCCN(CC1CC1)C1=NC(C(N)=O)=CCN1c1cccc2[nH]ccc12. The van der Waals surface area contributed by atoms with Crippen LogP contribution in [0.2, 0.25) is 0 Å². The van der Waals surface area contributed by atoms with Crippen molar-refractivity contribution in [3.8, 4) is 0 Å². The number of fused-ring (bicyclic) bond motifs is 1. The number of H-pyrrole nitrogens is 1. The highest BCUT2D eigenvalue weighted by atomic mass is 16.1. The van der Waals surface area contributed by atoms with E-state index < -0.39 is 5.91 Å². The Balaban J connectivity index is 1.76. The number of aromatic nitrogens is 1. The number of nitrogens with zero attached hydrogens (tertiary/aromatic N) is 3. The molecule has 0 saturated heterocycles. The molecule has 6 nitrogen and oxygen atoms in total. The summed E-state index contributed by atoms with van der Waals surface area (Å²) in [4.78, 5) is 24.2. The fourth-order valence-electron chi connectivity index (χ4n) is 3.54. The molecule has 0 radical (unpaired) electrons. The van der Waals surface area contributed by atoms with Gasteiger partial charge < -0.3 is 20.5 Å². The Kier molecular flexibility index (Phi) is 4.41. The summed E-state index contributed by atoms with van der Waals surface area (Å²) in [5.74, 6) is 1.10. The summed E-state index contributed by atoms with van der Waals surface area (Å²) in [7, 11) is 0. The summed E-state index contributed by atoms with van der Waals surface area (Å²) in [5, 5.41) is 1.15. The van der Waals surface area contributed by atoms with Crippen molar-refractivity contribution in [3.05, 3.63) is 42.2 Å². The minimum absolute atomic E-state index is 0.356. The Morgan fingerprint density at radius 2 is 2.23 bits per heavy atom. The lowest BCUT2D eigenvalue weighted by atomic mass is 10.2. The number of primary amides is 1. The molecular weight excluding hydrogens is 326 g/mol. The molecule has 2 aromatic rings. The zero-order valence-electron chi connectivity index (χ0n) is 15.1. The number of anilines is 1. The van der Waals surface area contributed by atoms with Crippen molar-refractivity contribution < 1.29 is 4.79 Å². The van der Waals surface area contributed by atoms with Gasteiger partial charge in [-0.1, -0.05) is 13.0 Å². The quantitative estimate of drug-likeness (QED) is 0.840. The van der Waals surface area contributed by atoms with Crippen molar-refractivity contribution in [1.82, 2.24) is 9.88 Å². The van der Waals surface area contributed by atoms with Gasteiger partial charge in [0.1, 0.15) is 5.70 Å². The molecule has 3 N–H and O–H groups in total. The molecule has 1 saturated carbocycles. The summed E-state index contributed by atoms with van der Waals surface area (Å²) in [6.45, 7) is 4.66. The second-order valence-electron chi connectivity index (χ2n) is 7.08. The van der Waals surface area contributed by atoms with E-state index in [0.717, 1.165) is 48.0 Å². The molecule has 0 atom stereocenters. The molecule has 1 fully saturated rings. The summed E-state index contributed by atoms with van der Waals surface area (Å²) >= 11 is 0. The summed E-state index contributed by atoms with van der Waals surface area (Å²) in [5.41, 5.74) is 8.06. The predicted octanol–water partition coefficient (Wildman–Crippen LogP) is 2.84. The van der Waals surface area contributed by atoms with Gasteiger partial charge in [-0.2, -0.15) is 0 Å². The lowest BCUT2D eigenvalue weighted by Gasteiger charge is -2.36. The Morgan fingerprint density at radius 3 is 2.96 bits per heavy atom. The average Bonchev–Trinajstić information content (AvgIpc) is 3.33. The number of hydrogen-bond acceptors (Lipinski definition) is 4. The van der Waals surface area contributed by atoms with Gasteiger partial charge in [0.25, 0.3) is 5.91 Å². The minimum atomic E-state index is -0.468. The van der Waals surface area contributed by atoms with E-state index >= 15 is 0 Å². The maximum absolute atomic E-state index is 11.7. The Morgan fingerprint density at radius 1 is 1.38 bits per heavy atom. The Hall–Kier alpha value is -2.76. The van der Waals surface area contributed by atoms with Crippen LogP contribution in [0.1, 0.15) is 26.2 Å². The molecule has 6 heteroatoms. The summed E-state index contributed by atoms with van der Waals surface area (Å²) in [6, 6.07) is 8.30. The number of carbonyl (C=O) groups is 1. The fourth-order valence-corrected chi connectivity index (χ4v) is 3.54. The number of nitrogens with two attached hydrogens (primary N) is 1. The Bertz CT molecular complexity index is 877. The van der Waals surface area contributed by atoms with E-state index in [0.29, 0.717) is 12.2 Å².